The van der Waals surface area contributed by atoms with E-state index in [9.17, 15) is 9.18 Å². The van der Waals surface area contributed by atoms with Crippen LogP contribution in [0.1, 0.15) is 26.7 Å². The predicted molar refractivity (Wildman–Crippen MR) is 74.4 cm³/mol. The molecule has 1 amide bonds. The highest BCUT2D eigenvalue weighted by Crippen LogP contribution is 2.34. The molecule has 1 aliphatic rings. The van der Waals surface area contributed by atoms with Gasteiger partial charge in [-0.2, -0.15) is 0 Å². The van der Waals surface area contributed by atoms with Crippen LogP contribution < -0.4 is 10.2 Å². The van der Waals surface area contributed by atoms with E-state index in [4.69, 9.17) is 0 Å². The maximum Gasteiger partial charge on any atom is 0.224 e. The topological polar surface area (TPSA) is 32.3 Å². The van der Waals surface area contributed by atoms with Gasteiger partial charge in [0.15, 0.2) is 0 Å². The van der Waals surface area contributed by atoms with E-state index >= 15 is 0 Å². The van der Waals surface area contributed by atoms with E-state index in [0.29, 0.717) is 22.6 Å². The number of benzene rings is 1. The first-order valence-corrected chi connectivity index (χ1v) is 6.84. The van der Waals surface area contributed by atoms with Crippen molar-refractivity contribution in [2.24, 2.45) is 0 Å². The molecule has 18 heavy (non-hydrogen) atoms. The summed E-state index contributed by atoms with van der Waals surface area (Å²) < 4.78 is 14.0. The fraction of sp³-hybridized carbons (Fsp3) is 0.462. The summed E-state index contributed by atoms with van der Waals surface area (Å²) in [5.41, 5.74) is 1.42. The van der Waals surface area contributed by atoms with E-state index in [-0.39, 0.29) is 11.7 Å². The molecule has 1 aliphatic heterocycles. The van der Waals surface area contributed by atoms with Gasteiger partial charge in [-0.1, -0.05) is 0 Å². The Morgan fingerprint density at radius 2 is 2.17 bits per heavy atom. The SMILES string of the molecule is CC(C)N1CCCC(=O)Nc2cc(F)c(Br)cc21. The van der Waals surface area contributed by atoms with Crippen LogP contribution in [0.25, 0.3) is 0 Å². The van der Waals surface area contributed by atoms with Gasteiger partial charge < -0.3 is 10.2 Å². The maximum absolute atomic E-state index is 13.6. The van der Waals surface area contributed by atoms with Crippen LogP contribution in [0.2, 0.25) is 0 Å². The summed E-state index contributed by atoms with van der Waals surface area (Å²) in [6, 6.07) is 3.41. The number of halogens is 2. The average molecular weight is 315 g/mol. The van der Waals surface area contributed by atoms with Crippen molar-refractivity contribution in [3.8, 4) is 0 Å². The minimum Gasteiger partial charge on any atom is -0.367 e. The third-order valence-electron chi connectivity index (χ3n) is 3.05. The van der Waals surface area contributed by atoms with Crippen LogP contribution in [0.4, 0.5) is 15.8 Å². The lowest BCUT2D eigenvalue weighted by Gasteiger charge is -2.32. The molecular weight excluding hydrogens is 299 g/mol. The number of nitrogens with zero attached hydrogens (tertiary/aromatic N) is 1. The molecule has 5 heteroatoms. The first-order chi connectivity index (χ1) is 8.49. The second-order valence-electron chi connectivity index (χ2n) is 4.72. The zero-order valence-electron chi connectivity index (χ0n) is 10.5. The van der Waals surface area contributed by atoms with Crippen molar-refractivity contribution < 1.29 is 9.18 Å². The Morgan fingerprint density at radius 3 is 2.83 bits per heavy atom. The van der Waals surface area contributed by atoms with Gasteiger partial charge in [0.05, 0.1) is 15.8 Å². The van der Waals surface area contributed by atoms with E-state index in [1.165, 1.54) is 6.07 Å². The fourth-order valence-electron chi connectivity index (χ4n) is 2.15. The van der Waals surface area contributed by atoms with Crippen molar-refractivity contribution in [3.63, 3.8) is 0 Å². The van der Waals surface area contributed by atoms with Gasteiger partial charge in [0.2, 0.25) is 5.91 Å². The largest absolute Gasteiger partial charge is 0.367 e. The zero-order chi connectivity index (χ0) is 13.3. The molecule has 0 saturated heterocycles. The van der Waals surface area contributed by atoms with Gasteiger partial charge in [-0.25, -0.2) is 4.39 Å². The number of carbonyl (C=O) groups excluding carboxylic acids is 1. The highest BCUT2D eigenvalue weighted by Gasteiger charge is 2.21. The molecule has 0 bridgehead atoms. The number of nitrogens with one attached hydrogen (secondary N) is 1. The van der Waals surface area contributed by atoms with Crippen LogP contribution in [-0.2, 0) is 4.79 Å². The Morgan fingerprint density at radius 1 is 1.44 bits per heavy atom. The second kappa shape index (κ2) is 5.26. The highest BCUT2D eigenvalue weighted by atomic mass is 79.9. The molecule has 98 valence electrons. The Hall–Kier alpha value is -1.10. The summed E-state index contributed by atoms with van der Waals surface area (Å²) in [7, 11) is 0. The van der Waals surface area contributed by atoms with Gasteiger partial charge in [0, 0.05) is 25.1 Å². The summed E-state index contributed by atoms with van der Waals surface area (Å²) in [4.78, 5) is 13.8. The molecule has 1 N–H and O–H groups in total. The maximum atomic E-state index is 13.6. The molecule has 0 saturated carbocycles. The molecule has 0 unspecified atom stereocenters. The fourth-order valence-corrected chi connectivity index (χ4v) is 2.48. The number of anilines is 2. The van der Waals surface area contributed by atoms with Crippen LogP contribution in [0, 0.1) is 5.82 Å². The molecule has 1 aromatic rings. The normalized spacial score (nSPS) is 16.1. The third kappa shape index (κ3) is 2.66. The lowest BCUT2D eigenvalue weighted by molar-refractivity contribution is -0.116. The molecular formula is C13H16BrFN2O. The Kier molecular flexibility index (Phi) is 3.90. The van der Waals surface area contributed by atoms with Crippen molar-refractivity contribution in [2.45, 2.75) is 32.7 Å². The third-order valence-corrected chi connectivity index (χ3v) is 3.66. The molecule has 2 rings (SSSR count). The van der Waals surface area contributed by atoms with Crippen molar-refractivity contribution in [1.29, 1.82) is 0 Å². The van der Waals surface area contributed by atoms with Gasteiger partial charge in [0.1, 0.15) is 5.82 Å². The van der Waals surface area contributed by atoms with Gasteiger partial charge in [0.25, 0.3) is 0 Å². The monoisotopic (exact) mass is 314 g/mol. The van der Waals surface area contributed by atoms with Gasteiger partial charge in [-0.15, -0.1) is 0 Å². The summed E-state index contributed by atoms with van der Waals surface area (Å²) in [6.45, 7) is 4.98. The smallest absolute Gasteiger partial charge is 0.224 e. The summed E-state index contributed by atoms with van der Waals surface area (Å²) in [6.07, 6.45) is 1.28. The average Bonchev–Trinajstić information content (AvgIpc) is 2.27. The van der Waals surface area contributed by atoms with Gasteiger partial charge in [-0.05, 0) is 42.3 Å². The van der Waals surface area contributed by atoms with Crippen molar-refractivity contribution in [2.75, 3.05) is 16.8 Å². The van der Waals surface area contributed by atoms with E-state index in [0.717, 1.165) is 18.7 Å². The number of amides is 1. The number of rotatable bonds is 1. The van der Waals surface area contributed by atoms with E-state index < -0.39 is 0 Å². The molecule has 1 heterocycles. The van der Waals surface area contributed by atoms with Crippen LogP contribution >= 0.6 is 15.9 Å². The number of fused-ring (bicyclic) bond motifs is 1. The van der Waals surface area contributed by atoms with Crippen LogP contribution in [-0.4, -0.2) is 18.5 Å². The van der Waals surface area contributed by atoms with Crippen molar-refractivity contribution in [3.05, 3.63) is 22.4 Å². The van der Waals surface area contributed by atoms with Gasteiger partial charge in [-0.3, -0.25) is 4.79 Å². The molecule has 0 atom stereocenters. The summed E-state index contributed by atoms with van der Waals surface area (Å²) >= 11 is 3.20. The molecule has 0 aromatic heterocycles. The van der Waals surface area contributed by atoms with Crippen LogP contribution in [0.15, 0.2) is 16.6 Å². The number of carbonyl (C=O) groups is 1. The summed E-state index contributed by atoms with van der Waals surface area (Å²) in [5, 5.41) is 2.77. The first-order valence-electron chi connectivity index (χ1n) is 6.04. The number of hydrogen-bond donors (Lipinski definition) is 1. The molecule has 0 spiro atoms. The molecule has 1 aromatic carbocycles. The molecule has 0 aliphatic carbocycles. The van der Waals surface area contributed by atoms with Gasteiger partial charge >= 0.3 is 0 Å². The van der Waals surface area contributed by atoms with Crippen molar-refractivity contribution >= 4 is 33.2 Å². The Balaban J connectivity index is 2.51. The van der Waals surface area contributed by atoms with E-state index in [1.54, 1.807) is 6.07 Å². The van der Waals surface area contributed by atoms with Crippen LogP contribution in [0.5, 0.6) is 0 Å². The quantitative estimate of drug-likeness (QED) is 0.860. The Labute approximate surface area is 114 Å². The molecule has 0 fully saturated rings. The van der Waals surface area contributed by atoms with Crippen molar-refractivity contribution in [1.82, 2.24) is 0 Å². The predicted octanol–water partition coefficient (Wildman–Crippen LogP) is 3.54. The lowest BCUT2D eigenvalue weighted by atomic mass is 10.1. The highest BCUT2D eigenvalue weighted by molar-refractivity contribution is 9.10. The van der Waals surface area contributed by atoms with E-state index in [2.05, 4.69) is 40.0 Å². The lowest BCUT2D eigenvalue weighted by Crippen LogP contribution is -2.34. The molecule has 0 radical (unpaired) electrons. The Bertz CT molecular complexity index is 476. The van der Waals surface area contributed by atoms with E-state index in [1.807, 2.05) is 0 Å². The zero-order valence-corrected chi connectivity index (χ0v) is 12.1. The first kappa shape index (κ1) is 13.3. The minimum atomic E-state index is -0.363. The molecule has 3 nitrogen and oxygen atoms in total. The standard InChI is InChI=1S/C13H16BrFN2O/c1-8(2)17-5-3-4-13(18)16-11-7-10(15)9(14)6-12(11)17/h6-8H,3-5H2,1-2H3,(H,16,18). The second-order valence-corrected chi connectivity index (χ2v) is 5.58. The summed E-state index contributed by atoms with van der Waals surface area (Å²) in [5.74, 6) is -0.417. The van der Waals surface area contributed by atoms with Crippen LogP contribution in [0.3, 0.4) is 0 Å². The minimum absolute atomic E-state index is 0.0543. The number of hydrogen-bond acceptors (Lipinski definition) is 2.